The molecule has 5 rings (SSSR count). The second kappa shape index (κ2) is 7.74. The molecule has 3 fully saturated rings. The smallest absolute Gasteiger partial charge is 0.222 e. The van der Waals surface area contributed by atoms with Gasteiger partial charge >= 0.3 is 0 Å². The van der Waals surface area contributed by atoms with Crippen molar-refractivity contribution in [3.05, 3.63) is 60.2 Å². The molecule has 3 nitrogen and oxygen atoms in total. The summed E-state index contributed by atoms with van der Waals surface area (Å²) in [5, 5.41) is 0. The summed E-state index contributed by atoms with van der Waals surface area (Å²) < 4.78 is 13.5. The van der Waals surface area contributed by atoms with Gasteiger partial charge in [0.1, 0.15) is 5.82 Å². The fourth-order valence-corrected chi connectivity index (χ4v) is 5.72. The third kappa shape index (κ3) is 3.61. The van der Waals surface area contributed by atoms with Crippen LogP contribution in [0.5, 0.6) is 0 Å². The van der Waals surface area contributed by atoms with Gasteiger partial charge in [0.15, 0.2) is 0 Å². The van der Waals surface area contributed by atoms with Gasteiger partial charge in [0, 0.05) is 36.7 Å². The minimum Gasteiger partial charge on any atom is -0.339 e. The molecule has 0 bridgehead atoms. The number of aromatic nitrogens is 1. The molecule has 1 aromatic heterocycles. The second-order valence-corrected chi connectivity index (χ2v) is 8.78. The van der Waals surface area contributed by atoms with Gasteiger partial charge in [0.2, 0.25) is 5.91 Å². The molecule has 2 saturated heterocycles. The minimum absolute atomic E-state index is 0.235. The molecule has 2 aromatic rings. The Labute approximate surface area is 171 Å². The molecule has 4 atom stereocenters. The number of rotatable bonds is 3. The number of carbonyl (C=O) groups is 1. The van der Waals surface area contributed by atoms with Gasteiger partial charge in [0.05, 0.1) is 5.69 Å². The van der Waals surface area contributed by atoms with E-state index in [1.807, 2.05) is 24.4 Å². The largest absolute Gasteiger partial charge is 0.339 e. The Morgan fingerprint density at radius 2 is 1.97 bits per heavy atom. The summed E-state index contributed by atoms with van der Waals surface area (Å²) in [6.07, 6.45) is 13.1. The maximum absolute atomic E-state index is 13.5. The van der Waals surface area contributed by atoms with Crippen LogP contribution in [0, 0.1) is 23.6 Å². The Morgan fingerprint density at radius 3 is 2.79 bits per heavy atom. The van der Waals surface area contributed by atoms with Crippen molar-refractivity contribution in [2.75, 3.05) is 6.54 Å². The van der Waals surface area contributed by atoms with E-state index in [0.717, 1.165) is 29.8 Å². The van der Waals surface area contributed by atoms with Gasteiger partial charge < -0.3 is 4.90 Å². The third-order valence-electron chi connectivity index (χ3n) is 7.15. The first-order valence-electron chi connectivity index (χ1n) is 10.9. The lowest BCUT2D eigenvalue weighted by molar-refractivity contribution is -0.133. The quantitative estimate of drug-likeness (QED) is 0.710. The number of amides is 1. The molecule has 4 unspecified atom stereocenters. The zero-order valence-corrected chi connectivity index (χ0v) is 16.6. The van der Waals surface area contributed by atoms with E-state index in [-0.39, 0.29) is 5.82 Å². The SMILES string of the molecule is O=C1CCC2C(/C=C/c3ccc(-c4cccc(F)c4)cn3)C3CCCCC3CN12. The molecular weight excluding hydrogens is 363 g/mol. The van der Waals surface area contributed by atoms with Crippen LogP contribution >= 0.6 is 0 Å². The van der Waals surface area contributed by atoms with Gasteiger partial charge in [-0.1, -0.05) is 37.1 Å². The number of nitrogens with zero attached hydrogens (tertiary/aromatic N) is 2. The maximum Gasteiger partial charge on any atom is 0.222 e. The highest BCUT2D eigenvalue weighted by Gasteiger charge is 2.47. The van der Waals surface area contributed by atoms with E-state index in [2.05, 4.69) is 22.0 Å². The average Bonchev–Trinajstić information content (AvgIpc) is 3.12. The summed E-state index contributed by atoms with van der Waals surface area (Å²) in [7, 11) is 0. The van der Waals surface area contributed by atoms with Crippen molar-refractivity contribution in [3.63, 3.8) is 0 Å². The normalized spacial score (nSPS) is 29.1. The fourth-order valence-electron chi connectivity index (χ4n) is 5.72. The van der Waals surface area contributed by atoms with Crippen molar-refractivity contribution in [1.82, 2.24) is 9.88 Å². The Hall–Kier alpha value is -2.49. The summed E-state index contributed by atoms with van der Waals surface area (Å²) in [6.45, 7) is 0.971. The van der Waals surface area contributed by atoms with Crippen LogP contribution in [0.15, 0.2) is 48.7 Å². The highest BCUT2D eigenvalue weighted by Crippen LogP contribution is 2.46. The Kier molecular flexibility index (Phi) is 4.94. The van der Waals surface area contributed by atoms with Crippen LogP contribution in [0.1, 0.15) is 44.2 Å². The first kappa shape index (κ1) is 18.5. The standard InChI is InChI=1S/C25H27FN2O/c26-20-6-3-5-17(14-20)18-8-9-21(27-15-18)10-11-23-22-7-2-1-4-19(22)16-28-24(23)12-13-25(28)29/h3,5-6,8-11,14-15,19,22-24H,1-2,4,7,12-13,16H2/b11-10+. The van der Waals surface area contributed by atoms with Crippen molar-refractivity contribution >= 4 is 12.0 Å². The van der Waals surface area contributed by atoms with Gasteiger partial charge in [-0.25, -0.2) is 4.39 Å². The van der Waals surface area contributed by atoms with Crippen LogP contribution in [0.25, 0.3) is 17.2 Å². The molecule has 1 aliphatic carbocycles. The lowest BCUT2D eigenvalue weighted by Crippen LogP contribution is -2.51. The van der Waals surface area contributed by atoms with Gasteiger partial charge in [0.25, 0.3) is 0 Å². The van der Waals surface area contributed by atoms with Crippen molar-refractivity contribution < 1.29 is 9.18 Å². The second-order valence-electron chi connectivity index (χ2n) is 8.78. The van der Waals surface area contributed by atoms with E-state index < -0.39 is 0 Å². The molecule has 1 aromatic carbocycles. The number of carbonyl (C=O) groups excluding carboxylic acids is 1. The average molecular weight is 391 g/mol. The highest BCUT2D eigenvalue weighted by molar-refractivity contribution is 5.79. The molecule has 3 heterocycles. The van der Waals surface area contributed by atoms with E-state index in [4.69, 9.17) is 0 Å². The maximum atomic E-state index is 13.5. The fraction of sp³-hybridized carbons (Fsp3) is 0.440. The molecular formula is C25H27FN2O. The number of hydrogen-bond acceptors (Lipinski definition) is 2. The molecule has 0 radical (unpaired) electrons. The number of benzene rings is 1. The molecule has 1 saturated carbocycles. The van der Waals surface area contributed by atoms with Crippen LogP contribution in [0.4, 0.5) is 4.39 Å². The van der Waals surface area contributed by atoms with Crippen molar-refractivity contribution in [1.29, 1.82) is 0 Å². The van der Waals surface area contributed by atoms with Crippen LogP contribution in [-0.4, -0.2) is 28.4 Å². The number of hydrogen-bond donors (Lipinski definition) is 0. The summed E-state index contributed by atoms with van der Waals surface area (Å²) in [6, 6.07) is 11.0. The number of halogens is 1. The minimum atomic E-state index is -0.235. The first-order chi connectivity index (χ1) is 14.2. The molecule has 1 amide bonds. The lowest BCUT2D eigenvalue weighted by Gasteiger charge is -2.48. The van der Waals surface area contributed by atoms with Crippen LogP contribution < -0.4 is 0 Å². The highest BCUT2D eigenvalue weighted by atomic mass is 19.1. The Balaban J connectivity index is 1.37. The molecule has 2 aliphatic heterocycles. The van der Waals surface area contributed by atoms with E-state index in [1.165, 1.54) is 37.8 Å². The monoisotopic (exact) mass is 390 g/mol. The molecule has 0 N–H and O–H groups in total. The summed E-state index contributed by atoms with van der Waals surface area (Å²) >= 11 is 0. The first-order valence-corrected chi connectivity index (χ1v) is 10.9. The predicted molar refractivity (Wildman–Crippen MR) is 112 cm³/mol. The predicted octanol–water partition coefficient (Wildman–Crippen LogP) is 5.33. The third-order valence-corrected chi connectivity index (χ3v) is 7.15. The summed E-state index contributed by atoms with van der Waals surface area (Å²) in [5.74, 6) is 1.89. The van der Waals surface area contributed by atoms with E-state index in [0.29, 0.717) is 36.1 Å². The van der Waals surface area contributed by atoms with E-state index in [9.17, 15) is 9.18 Å². The van der Waals surface area contributed by atoms with Gasteiger partial charge in [-0.2, -0.15) is 0 Å². The van der Waals surface area contributed by atoms with E-state index >= 15 is 0 Å². The van der Waals surface area contributed by atoms with Crippen molar-refractivity contribution in [3.8, 4) is 11.1 Å². The van der Waals surface area contributed by atoms with Gasteiger partial charge in [-0.15, -0.1) is 0 Å². The zero-order chi connectivity index (χ0) is 19.8. The Morgan fingerprint density at radius 1 is 1.07 bits per heavy atom. The number of pyridine rings is 1. The van der Waals surface area contributed by atoms with Crippen molar-refractivity contribution in [2.24, 2.45) is 17.8 Å². The lowest BCUT2D eigenvalue weighted by atomic mass is 9.67. The van der Waals surface area contributed by atoms with Gasteiger partial charge in [-0.3, -0.25) is 9.78 Å². The number of piperidine rings is 1. The Bertz CT molecular complexity index is 923. The summed E-state index contributed by atoms with van der Waals surface area (Å²) in [5.41, 5.74) is 2.67. The zero-order valence-electron chi connectivity index (χ0n) is 16.6. The van der Waals surface area contributed by atoms with Crippen LogP contribution in [-0.2, 0) is 4.79 Å². The molecule has 3 aliphatic rings. The molecule has 0 spiro atoms. The van der Waals surface area contributed by atoms with Crippen LogP contribution in [0.2, 0.25) is 0 Å². The molecule has 4 heteroatoms. The molecule has 29 heavy (non-hydrogen) atoms. The molecule has 150 valence electrons. The summed E-state index contributed by atoms with van der Waals surface area (Å²) in [4.78, 5) is 19.1. The van der Waals surface area contributed by atoms with Crippen molar-refractivity contribution in [2.45, 2.75) is 44.6 Å². The van der Waals surface area contributed by atoms with E-state index in [1.54, 1.807) is 6.07 Å². The number of fused-ring (bicyclic) bond motifs is 2. The van der Waals surface area contributed by atoms with Crippen LogP contribution in [0.3, 0.4) is 0 Å². The topological polar surface area (TPSA) is 33.2 Å². The van der Waals surface area contributed by atoms with Gasteiger partial charge in [-0.05, 0) is 60.9 Å².